The smallest absolute Gasteiger partial charge is 0.245 e. The molecule has 2 saturated heterocycles. The Bertz CT molecular complexity index is 256. The molecule has 16 heavy (non-hydrogen) atoms. The van der Waals surface area contributed by atoms with Crippen LogP contribution in [0.1, 0.15) is 12.8 Å². The molecule has 2 heterocycles. The first kappa shape index (κ1) is 13.3. The van der Waals surface area contributed by atoms with E-state index in [4.69, 9.17) is 4.74 Å². The van der Waals surface area contributed by atoms with Gasteiger partial charge in [0.05, 0.1) is 13.2 Å². The molecular formula is C10H17ClN2O3. The Morgan fingerprint density at radius 3 is 2.56 bits per heavy atom. The van der Waals surface area contributed by atoms with Crippen molar-refractivity contribution >= 4 is 24.7 Å². The van der Waals surface area contributed by atoms with Crippen molar-refractivity contribution in [3.8, 4) is 0 Å². The minimum absolute atomic E-state index is 0. The molecule has 2 aliphatic rings. The predicted octanol–water partition coefficient (Wildman–Crippen LogP) is -0.112. The zero-order chi connectivity index (χ0) is 10.7. The number of ether oxygens (including phenoxy) is 1. The van der Waals surface area contributed by atoms with E-state index in [1.54, 1.807) is 9.80 Å². The largest absolute Gasteiger partial charge is 0.378 e. The van der Waals surface area contributed by atoms with Gasteiger partial charge in [0, 0.05) is 19.6 Å². The highest BCUT2D eigenvalue weighted by molar-refractivity contribution is 5.85. The Labute approximate surface area is 101 Å². The summed E-state index contributed by atoms with van der Waals surface area (Å²) < 4.78 is 5.19. The Morgan fingerprint density at radius 2 is 1.94 bits per heavy atom. The van der Waals surface area contributed by atoms with Gasteiger partial charge in [-0.05, 0) is 12.8 Å². The highest BCUT2D eigenvalue weighted by Crippen LogP contribution is 2.17. The van der Waals surface area contributed by atoms with Crippen molar-refractivity contribution in [1.82, 2.24) is 9.80 Å². The molecular weight excluding hydrogens is 232 g/mol. The maximum absolute atomic E-state index is 12.0. The molecule has 0 radical (unpaired) electrons. The van der Waals surface area contributed by atoms with Crippen LogP contribution in [0.3, 0.4) is 0 Å². The van der Waals surface area contributed by atoms with Crippen LogP contribution in [0.15, 0.2) is 0 Å². The van der Waals surface area contributed by atoms with Gasteiger partial charge in [-0.1, -0.05) is 0 Å². The van der Waals surface area contributed by atoms with Crippen LogP contribution in [0, 0.1) is 0 Å². The lowest BCUT2D eigenvalue weighted by Crippen LogP contribution is -2.49. The molecule has 5 nitrogen and oxygen atoms in total. The Hall–Kier alpha value is -0.810. The number of rotatable bonds is 2. The second-order valence-corrected chi connectivity index (χ2v) is 3.94. The van der Waals surface area contributed by atoms with Crippen LogP contribution in [-0.2, 0) is 14.3 Å². The Morgan fingerprint density at radius 1 is 1.25 bits per heavy atom. The summed E-state index contributed by atoms with van der Waals surface area (Å²) >= 11 is 0. The third-order valence-electron chi connectivity index (χ3n) is 3.04. The molecule has 92 valence electrons. The molecule has 6 heteroatoms. The molecule has 0 unspecified atom stereocenters. The fourth-order valence-electron chi connectivity index (χ4n) is 2.17. The number of carbonyl (C=O) groups is 2. The van der Waals surface area contributed by atoms with Gasteiger partial charge >= 0.3 is 0 Å². The highest BCUT2D eigenvalue weighted by atomic mass is 35.5. The summed E-state index contributed by atoms with van der Waals surface area (Å²) in [7, 11) is 0. The van der Waals surface area contributed by atoms with E-state index in [1.807, 2.05) is 0 Å². The van der Waals surface area contributed by atoms with Crippen LogP contribution < -0.4 is 0 Å². The van der Waals surface area contributed by atoms with Gasteiger partial charge in [0.1, 0.15) is 6.04 Å². The van der Waals surface area contributed by atoms with Crippen molar-refractivity contribution < 1.29 is 14.3 Å². The first-order chi connectivity index (χ1) is 7.33. The second-order valence-electron chi connectivity index (χ2n) is 3.94. The van der Waals surface area contributed by atoms with Crippen LogP contribution in [0.25, 0.3) is 0 Å². The first-order valence-electron chi connectivity index (χ1n) is 5.40. The van der Waals surface area contributed by atoms with E-state index >= 15 is 0 Å². The van der Waals surface area contributed by atoms with Crippen LogP contribution >= 0.6 is 12.4 Å². The molecule has 0 aromatic rings. The zero-order valence-electron chi connectivity index (χ0n) is 9.13. The lowest BCUT2D eigenvalue weighted by molar-refractivity contribution is -0.142. The molecule has 0 saturated carbocycles. The summed E-state index contributed by atoms with van der Waals surface area (Å²) in [5.74, 6) is 0.0860. The summed E-state index contributed by atoms with van der Waals surface area (Å²) in [6.45, 7) is 3.24. The second kappa shape index (κ2) is 6.06. The molecule has 0 bridgehead atoms. The number of halogens is 1. The van der Waals surface area contributed by atoms with Crippen molar-refractivity contribution in [2.24, 2.45) is 0 Å². The fourth-order valence-corrected chi connectivity index (χ4v) is 2.17. The summed E-state index contributed by atoms with van der Waals surface area (Å²) in [6.07, 6.45) is 2.52. The van der Waals surface area contributed by atoms with Crippen molar-refractivity contribution in [1.29, 1.82) is 0 Å². The quantitative estimate of drug-likeness (QED) is 0.641. The molecule has 0 aromatic carbocycles. The standard InChI is InChI=1S/C10H16N2O3.ClH/c13-8-12-3-1-2-9(12)10(14)11-4-6-15-7-5-11;/h8-9H,1-7H2;1H/t9-;/m0./s1. The third-order valence-corrected chi connectivity index (χ3v) is 3.04. The number of hydrogen-bond donors (Lipinski definition) is 0. The molecule has 1 atom stereocenters. The van der Waals surface area contributed by atoms with Crippen molar-refractivity contribution in [2.45, 2.75) is 18.9 Å². The van der Waals surface area contributed by atoms with E-state index in [2.05, 4.69) is 0 Å². The lowest BCUT2D eigenvalue weighted by atomic mass is 10.2. The van der Waals surface area contributed by atoms with Crippen LogP contribution in [0.5, 0.6) is 0 Å². The summed E-state index contributed by atoms with van der Waals surface area (Å²) in [5, 5.41) is 0. The van der Waals surface area contributed by atoms with Gasteiger partial charge in [0.2, 0.25) is 12.3 Å². The maximum atomic E-state index is 12.0. The molecule has 2 amide bonds. The number of morpholine rings is 1. The van der Waals surface area contributed by atoms with Crippen molar-refractivity contribution in [3.05, 3.63) is 0 Å². The molecule has 0 aliphatic carbocycles. The molecule has 0 aromatic heterocycles. The van der Waals surface area contributed by atoms with Gasteiger partial charge in [-0.15, -0.1) is 12.4 Å². The van der Waals surface area contributed by atoms with Gasteiger partial charge in [-0.3, -0.25) is 9.59 Å². The van der Waals surface area contributed by atoms with Crippen LogP contribution in [-0.4, -0.2) is 61.0 Å². The molecule has 0 spiro atoms. The van der Waals surface area contributed by atoms with Crippen molar-refractivity contribution in [3.63, 3.8) is 0 Å². The Kier molecular flexibility index (Phi) is 5.02. The number of nitrogens with zero attached hydrogens (tertiary/aromatic N) is 2. The van der Waals surface area contributed by atoms with Gasteiger partial charge < -0.3 is 14.5 Å². The summed E-state index contributed by atoms with van der Waals surface area (Å²) in [4.78, 5) is 26.2. The van der Waals surface area contributed by atoms with E-state index in [0.717, 1.165) is 19.3 Å². The number of likely N-dealkylation sites (tertiary alicyclic amines) is 1. The number of hydrogen-bond acceptors (Lipinski definition) is 3. The van der Waals surface area contributed by atoms with Gasteiger partial charge in [0.15, 0.2) is 0 Å². The minimum Gasteiger partial charge on any atom is -0.378 e. The molecule has 2 rings (SSSR count). The van der Waals surface area contributed by atoms with E-state index in [-0.39, 0.29) is 24.4 Å². The average molecular weight is 249 g/mol. The molecule has 2 aliphatic heterocycles. The van der Waals surface area contributed by atoms with Crippen molar-refractivity contribution in [2.75, 3.05) is 32.8 Å². The monoisotopic (exact) mass is 248 g/mol. The Balaban J connectivity index is 0.00000128. The maximum Gasteiger partial charge on any atom is 0.245 e. The average Bonchev–Trinajstić information content (AvgIpc) is 2.77. The van der Waals surface area contributed by atoms with Crippen LogP contribution in [0.2, 0.25) is 0 Å². The SMILES string of the molecule is Cl.O=CN1CCC[C@H]1C(=O)N1CCOCC1. The van der Waals surface area contributed by atoms with Gasteiger partial charge in [-0.25, -0.2) is 0 Å². The van der Waals surface area contributed by atoms with E-state index in [0.29, 0.717) is 32.8 Å². The van der Waals surface area contributed by atoms with E-state index in [9.17, 15) is 9.59 Å². The number of carbonyl (C=O) groups excluding carboxylic acids is 2. The summed E-state index contributed by atoms with van der Waals surface area (Å²) in [5.41, 5.74) is 0. The van der Waals surface area contributed by atoms with E-state index in [1.165, 1.54) is 0 Å². The fraction of sp³-hybridized carbons (Fsp3) is 0.800. The normalized spacial score (nSPS) is 25.1. The first-order valence-corrected chi connectivity index (χ1v) is 5.40. The van der Waals surface area contributed by atoms with Gasteiger partial charge in [0.25, 0.3) is 0 Å². The molecule has 0 N–H and O–H groups in total. The highest BCUT2D eigenvalue weighted by Gasteiger charge is 2.33. The third kappa shape index (κ3) is 2.65. The minimum atomic E-state index is -0.222. The van der Waals surface area contributed by atoms with Crippen LogP contribution in [0.4, 0.5) is 0 Å². The predicted molar refractivity (Wildman–Crippen MR) is 60.4 cm³/mol. The zero-order valence-corrected chi connectivity index (χ0v) is 9.95. The lowest BCUT2D eigenvalue weighted by Gasteiger charge is -2.31. The molecule has 2 fully saturated rings. The van der Waals surface area contributed by atoms with Gasteiger partial charge in [-0.2, -0.15) is 0 Å². The summed E-state index contributed by atoms with van der Waals surface area (Å²) in [6, 6.07) is -0.222. The number of amides is 2. The topological polar surface area (TPSA) is 49.9 Å². The van der Waals surface area contributed by atoms with E-state index < -0.39 is 0 Å².